The monoisotopic (exact) mass is 240 g/mol. The van der Waals surface area contributed by atoms with Crippen molar-refractivity contribution >= 4 is 17.6 Å². The predicted octanol–water partition coefficient (Wildman–Crippen LogP) is 0.432. The Hall–Kier alpha value is -2.05. The van der Waals surface area contributed by atoms with E-state index >= 15 is 0 Å². The van der Waals surface area contributed by atoms with Crippen molar-refractivity contribution in [2.75, 3.05) is 31.3 Å². The minimum atomic E-state index is -0.263. The van der Waals surface area contributed by atoms with Crippen LogP contribution in [0.2, 0.25) is 0 Å². The van der Waals surface area contributed by atoms with Gasteiger partial charge in [-0.2, -0.15) is 0 Å². The number of nitrogen functional groups attached to an aromatic ring is 1. The summed E-state index contributed by atoms with van der Waals surface area (Å²) in [7, 11) is 1.48. The van der Waals surface area contributed by atoms with Crippen molar-refractivity contribution < 1.29 is 14.3 Å². The second-order valence-electron chi connectivity index (χ2n) is 3.12. The number of nitrogens with two attached hydrogens (primary N) is 1. The fraction of sp³-hybridized carbons (Fsp3) is 0.500. The largest absolute Gasteiger partial charge is 0.490 e. The first-order valence-corrected chi connectivity index (χ1v) is 5.23. The van der Waals surface area contributed by atoms with Crippen LogP contribution in [0, 0.1) is 0 Å². The molecule has 1 rings (SSSR count). The maximum Gasteiger partial charge on any atom is 0.307 e. The fourth-order valence-electron chi connectivity index (χ4n) is 1.23. The molecule has 0 atom stereocenters. The van der Waals surface area contributed by atoms with Gasteiger partial charge in [0.15, 0.2) is 11.6 Å². The Bertz CT molecular complexity index is 384. The summed E-state index contributed by atoms with van der Waals surface area (Å²) in [6.07, 6.45) is 1.57. The third-order valence-electron chi connectivity index (χ3n) is 1.96. The van der Waals surface area contributed by atoms with E-state index in [1.165, 1.54) is 13.4 Å². The molecule has 0 bridgehead atoms. The fourth-order valence-corrected chi connectivity index (χ4v) is 1.23. The van der Waals surface area contributed by atoms with Gasteiger partial charge >= 0.3 is 5.97 Å². The zero-order chi connectivity index (χ0) is 12.7. The van der Waals surface area contributed by atoms with Crippen molar-refractivity contribution in [2.45, 2.75) is 13.3 Å². The van der Waals surface area contributed by atoms with Crippen molar-refractivity contribution in [3.05, 3.63) is 6.33 Å². The molecule has 1 aromatic heterocycles. The summed E-state index contributed by atoms with van der Waals surface area (Å²) in [5.41, 5.74) is 5.60. The van der Waals surface area contributed by atoms with Crippen LogP contribution in [-0.2, 0) is 9.53 Å². The number of carbonyl (C=O) groups is 1. The molecule has 3 N–H and O–H groups in total. The maximum atomic E-state index is 11.1. The molecule has 0 amide bonds. The molecule has 1 heterocycles. The molecule has 0 spiro atoms. The van der Waals surface area contributed by atoms with Gasteiger partial charge in [0, 0.05) is 6.54 Å². The van der Waals surface area contributed by atoms with Crippen LogP contribution in [0.15, 0.2) is 6.33 Å². The van der Waals surface area contributed by atoms with Crippen LogP contribution in [0.25, 0.3) is 0 Å². The zero-order valence-corrected chi connectivity index (χ0v) is 9.90. The van der Waals surface area contributed by atoms with Gasteiger partial charge in [0.1, 0.15) is 6.33 Å². The lowest BCUT2D eigenvalue weighted by Crippen LogP contribution is -2.13. The molecule has 0 aliphatic heterocycles. The van der Waals surface area contributed by atoms with Gasteiger partial charge in [-0.15, -0.1) is 0 Å². The van der Waals surface area contributed by atoms with E-state index in [1.54, 1.807) is 6.92 Å². The number of ether oxygens (including phenoxy) is 2. The number of aromatic nitrogens is 2. The van der Waals surface area contributed by atoms with Gasteiger partial charge in [-0.05, 0) is 6.92 Å². The lowest BCUT2D eigenvalue weighted by atomic mass is 10.4. The summed E-state index contributed by atoms with van der Waals surface area (Å²) in [6, 6.07) is 0. The quantitative estimate of drug-likeness (QED) is 0.695. The third-order valence-corrected chi connectivity index (χ3v) is 1.96. The van der Waals surface area contributed by atoms with E-state index in [4.69, 9.17) is 15.2 Å². The molecule has 0 unspecified atom stereocenters. The maximum absolute atomic E-state index is 11.1. The van der Waals surface area contributed by atoms with E-state index in [2.05, 4.69) is 15.3 Å². The Morgan fingerprint density at radius 3 is 2.94 bits per heavy atom. The van der Waals surface area contributed by atoms with Crippen LogP contribution in [0.3, 0.4) is 0 Å². The minimum Gasteiger partial charge on any atom is -0.490 e. The predicted molar refractivity (Wildman–Crippen MR) is 62.7 cm³/mol. The molecule has 1 aromatic rings. The van der Waals surface area contributed by atoms with Gasteiger partial charge in [0.25, 0.3) is 0 Å². The van der Waals surface area contributed by atoms with Crippen molar-refractivity contribution in [1.82, 2.24) is 9.97 Å². The van der Waals surface area contributed by atoms with Crippen molar-refractivity contribution in [3.8, 4) is 5.75 Å². The number of rotatable bonds is 6. The van der Waals surface area contributed by atoms with Gasteiger partial charge in [-0.25, -0.2) is 9.97 Å². The second-order valence-corrected chi connectivity index (χ2v) is 3.12. The van der Waals surface area contributed by atoms with E-state index in [-0.39, 0.29) is 18.2 Å². The van der Waals surface area contributed by atoms with Crippen molar-refractivity contribution in [2.24, 2.45) is 0 Å². The van der Waals surface area contributed by atoms with E-state index in [0.29, 0.717) is 24.7 Å². The molecule has 0 aromatic carbocycles. The Balaban J connectivity index is 2.52. The van der Waals surface area contributed by atoms with E-state index in [9.17, 15) is 4.79 Å². The van der Waals surface area contributed by atoms with Crippen molar-refractivity contribution in [1.29, 1.82) is 0 Å². The number of hydrogen-bond acceptors (Lipinski definition) is 7. The lowest BCUT2D eigenvalue weighted by molar-refractivity contribution is -0.142. The highest BCUT2D eigenvalue weighted by Gasteiger charge is 2.09. The summed E-state index contributed by atoms with van der Waals surface area (Å²) >= 11 is 0. The van der Waals surface area contributed by atoms with E-state index in [0.717, 1.165) is 0 Å². The molecule has 94 valence electrons. The van der Waals surface area contributed by atoms with E-state index in [1.807, 2.05) is 0 Å². The van der Waals surface area contributed by atoms with Gasteiger partial charge < -0.3 is 20.5 Å². The summed E-state index contributed by atoms with van der Waals surface area (Å²) in [5.74, 6) is 0.822. The number of esters is 1. The molecule has 0 aliphatic carbocycles. The zero-order valence-electron chi connectivity index (χ0n) is 9.90. The normalized spacial score (nSPS) is 9.76. The highest BCUT2D eigenvalue weighted by Crippen LogP contribution is 2.25. The first-order chi connectivity index (χ1) is 8.19. The van der Waals surface area contributed by atoms with Crippen LogP contribution < -0.4 is 15.8 Å². The summed E-state index contributed by atoms with van der Waals surface area (Å²) in [4.78, 5) is 18.9. The van der Waals surface area contributed by atoms with Gasteiger partial charge in [-0.3, -0.25) is 4.79 Å². The standard InChI is InChI=1S/C10H16N4O3/c1-3-17-7(15)4-5-12-10-8(16-2)9(11)13-6-14-10/h6H,3-5H2,1-2H3,(H3,11,12,13,14). The summed E-state index contributed by atoms with van der Waals surface area (Å²) in [6.45, 7) is 2.54. The molecular formula is C10H16N4O3. The van der Waals surface area contributed by atoms with Crippen molar-refractivity contribution in [3.63, 3.8) is 0 Å². The number of anilines is 2. The molecular weight excluding hydrogens is 224 g/mol. The Morgan fingerprint density at radius 2 is 2.29 bits per heavy atom. The minimum absolute atomic E-state index is 0.251. The molecule has 0 fully saturated rings. The Labute approximate surface area is 99.3 Å². The second kappa shape index (κ2) is 6.51. The summed E-state index contributed by atoms with van der Waals surface area (Å²) in [5, 5.41) is 2.94. The summed E-state index contributed by atoms with van der Waals surface area (Å²) < 4.78 is 9.84. The number of methoxy groups -OCH3 is 1. The lowest BCUT2D eigenvalue weighted by Gasteiger charge is -2.10. The molecule has 0 radical (unpaired) electrons. The molecule has 0 aliphatic rings. The SMILES string of the molecule is CCOC(=O)CCNc1ncnc(N)c1OC. The molecule has 17 heavy (non-hydrogen) atoms. The smallest absolute Gasteiger partial charge is 0.307 e. The van der Waals surface area contributed by atoms with Crippen LogP contribution >= 0.6 is 0 Å². The Morgan fingerprint density at radius 1 is 1.53 bits per heavy atom. The number of nitrogens with one attached hydrogen (secondary N) is 1. The van der Waals surface area contributed by atoms with Crippen LogP contribution in [0.4, 0.5) is 11.6 Å². The molecule has 7 heteroatoms. The van der Waals surface area contributed by atoms with Gasteiger partial charge in [-0.1, -0.05) is 0 Å². The average molecular weight is 240 g/mol. The van der Waals surface area contributed by atoms with Gasteiger partial charge in [0.2, 0.25) is 5.75 Å². The highest BCUT2D eigenvalue weighted by molar-refractivity contribution is 5.70. The van der Waals surface area contributed by atoms with Crippen LogP contribution in [0.1, 0.15) is 13.3 Å². The molecule has 7 nitrogen and oxygen atoms in total. The molecule has 0 saturated carbocycles. The number of carbonyl (C=O) groups excluding carboxylic acids is 1. The van der Waals surface area contributed by atoms with E-state index < -0.39 is 0 Å². The number of hydrogen-bond donors (Lipinski definition) is 2. The first kappa shape index (κ1) is 13.0. The Kier molecular flexibility index (Phi) is 4.99. The number of nitrogens with zero attached hydrogens (tertiary/aromatic N) is 2. The first-order valence-electron chi connectivity index (χ1n) is 5.23. The molecule has 0 saturated heterocycles. The van der Waals surface area contributed by atoms with Gasteiger partial charge in [0.05, 0.1) is 20.1 Å². The average Bonchev–Trinajstić information content (AvgIpc) is 2.29. The topological polar surface area (TPSA) is 99.4 Å². The third kappa shape index (κ3) is 3.78. The van der Waals surface area contributed by atoms with Crippen LogP contribution in [0.5, 0.6) is 5.75 Å². The van der Waals surface area contributed by atoms with Crippen LogP contribution in [-0.4, -0.2) is 36.2 Å². The highest BCUT2D eigenvalue weighted by atomic mass is 16.5.